The van der Waals surface area contributed by atoms with Gasteiger partial charge in [0.15, 0.2) is 6.61 Å². The number of amides is 1. The number of carbonyl (C=O) groups is 2. The monoisotopic (exact) mass is 321 g/mol. The third-order valence-corrected chi connectivity index (χ3v) is 4.02. The van der Waals surface area contributed by atoms with Crippen molar-refractivity contribution in [1.29, 1.82) is 0 Å². The molecule has 1 aliphatic heterocycles. The van der Waals surface area contributed by atoms with E-state index in [0.717, 1.165) is 6.42 Å². The van der Waals surface area contributed by atoms with E-state index in [9.17, 15) is 14.7 Å². The van der Waals surface area contributed by atoms with Gasteiger partial charge in [-0.1, -0.05) is 19.1 Å². The highest BCUT2D eigenvalue weighted by atomic mass is 16.5. The van der Waals surface area contributed by atoms with Gasteiger partial charge in [0.05, 0.1) is 0 Å². The molecule has 1 aliphatic rings. The number of rotatable bonds is 7. The Morgan fingerprint density at radius 3 is 2.52 bits per heavy atom. The lowest BCUT2D eigenvalue weighted by atomic mass is 9.92. The third-order valence-electron chi connectivity index (χ3n) is 4.02. The first-order valence-corrected chi connectivity index (χ1v) is 7.91. The van der Waals surface area contributed by atoms with Crippen LogP contribution in [0.4, 0.5) is 0 Å². The minimum Gasteiger partial charge on any atom is -0.484 e. The molecule has 0 saturated carbocycles. The molecule has 1 heterocycles. The van der Waals surface area contributed by atoms with E-state index in [-0.39, 0.29) is 12.5 Å². The van der Waals surface area contributed by atoms with Crippen LogP contribution in [0.15, 0.2) is 24.3 Å². The first-order valence-electron chi connectivity index (χ1n) is 7.91. The zero-order chi connectivity index (χ0) is 16.7. The van der Waals surface area contributed by atoms with Crippen molar-refractivity contribution in [3.05, 3.63) is 29.8 Å². The molecule has 0 aliphatic carbocycles. The Morgan fingerprint density at radius 2 is 1.96 bits per heavy atom. The molecular formula is C17H23NO5. The van der Waals surface area contributed by atoms with E-state index >= 15 is 0 Å². The zero-order valence-electron chi connectivity index (χ0n) is 13.3. The molecule has 1 unspecified atom stereocenters. The summed E-state index contributed by atoms with van der Waals surface area (Å²) in [6.07, 6.45) is 2.21. The molecule has 126 valence electrons. The minimum atomic E-state index is -1.02. The first-order chi connectivity index (χ1) is 11.1. The molecule has 1 atom stereocenters. The fourth-order valence-electron chi connectivity index (χ4n) is 2.62. The van der Waals surface area contributed by atoms with Crippen LogP contribution in [-0.2, 0) is 20.7 Å². The van der Waals surface area contributed by atoms with E-state index < -0.39 is 17.9 Å². The predicted molar refractivity (Wildman–Crippen MR) is 84.4 cm³/mol. The van der Waals surface area contributed by atoms with Crippen molar-refractivity contribution in [2.24, 2.45) is 5.92 Å². The van der Waals surface area contributed by atoms with Crippen LogP contribution in [0, 0.1) is 5.92 Å². The standard InChI is InChI=1S/C17H23NO5/c1-2-12-3-5-14(6-4-12)23-11-15(19)18-16(17(20)21)13-7-9-22-10-8-13/h3-6,13,16H,2,7-11H2,1H3,(H,18,19)(H,20,21). The van der Waals surface area contributed by atoms with Crippen molar-refractivity contribution in [2.75, 3.05) is 19.8 Å². The molecule has 0 radical (unpaired) electrons. The molecule has 1 saturated heterocycles. The van der Waals surface area contributed by atoms with Gasteiger partial charge < -0.3 is 19.9 Å². The van der Waals surface area contributed by atoms with E-state index in [1.807, 2.05) is 12.1 Å². The Bertz CT molecular complexity index is 522. The maximum atomic E-state index is 12.0. The van der Waals surface area contributed by atoms with Gasteiger partial charge in [0.2, 0.25) is 0 Å². The van der Waals surface area contributed by atoms with Crippen LogP contribution in [0.5, 0.6) is 5.75 Å². The second-order valence-electron chi connectivity index (χ2n) is 5.62. The van der Waals surface area contributed by atoms with Crippen molar-refractivity contribution in [1.82, 2.24) is 5.32 Å². The van der Waals surface area contributed by atoms with Crippen LogP contribution in [0.2, 0.25) is 0 Å². The lowest BCUT2D eigenvalue weighted by Crippen LogP contribution is -2.48. The second kappa shape index (κ2) is 8.53. The van der Waals surface area contributed by atoms with Gasteiger partial charge in [-0.05, 0) is 42.9 Å². The number of carboxylic acids is 1. The highest BCUT2D eigenvalue weighted by molar-refractivity contribution is 5.84. The number of carboxylic acid groups (broad SMARTS) is 1. The summed E-state index contributed by atoms with van der Waals surface area (Å²) in [5.41, 5.74) is 1.19. The summed E-state index contributed by atoms with van der Waals surface area (Å²) in [6.45, 7) is 2.93. The average Bonchev–Trinajstić information content (AvgIpc) is 2.58. The Hall–Kier alpha value is -2.08. The number of aliphatic carboxylic acids is 1. The van der Waals surface area contributed by atoms with Gasteiger partial charge in [0.1, 0.15) is 11.8 Å². The zero-order valence-corrected chi connectivity index (χ0v) is 13.3. The maximum absolute atomic E-state index is 12.0. The molecule has 2 N–H and O–H groups in total. The molecule has 0 aromatic heterocycles. The van der Waals surface area contributed by atoms with Crippen LogP contribution in [0.1, 0.15) is 25.3 Å². The van der Waals surface area contributed by atoms with E-state index in [1.54, 1.807) is 12.1 Å². The molecule has 0 bridgehead atoms. The van der Waals surface area contributed by atoms with Crippen LogP contribution in [-0.4, -0.2) is 42.8 Å². The molecule has 6 heteroatoms. The van der Waals surface area contributed by atoms with Crippen molar-refractivity contribution < 1.29 is 24.2 Å². The van der Waals surface area contributed by atoms with Crippen molar-refractivity contribution in [3.63, 3.8) is 0 Å². The lowest BCUT2D eigenvalue weighted by molar-refractivity contribution is -0.144. The number of benzene rings is 1. The van der Waals surface area contributed by atoms with Crippen molar-refractivity contribution in [2.45, 2.75) is 32.2 Å². The number of hydrogen-bond acceptors (Lipinski definition) is 4. The molecule has 0 spiro atoms. The van der Waals surface area contributed by atoms with E-state index in [4.69, 9.17) is 9.47 Å². The quantitative estimate of drug-likeness (QED) is 0.797. The van der Waals surface area contributed by atoms with Gasteiger partial charge in [-0.15, -0.1) is 0 Å². The summed E-state index contributed by atoms with van der Waals surface area (Å²) in [7, 11) is 0. The molecule has 1 aromatic carbocycles. The fraction of sp³-hybridized carbons (Fsp3) is 0.529. The maximum Gasteiger partial charge on any atom is 0.326 e. The smallest absolute Gasteiger partial charge is 0.326 e. The molecule has 6 nitrogen and oxygen atoms in total. The highest BCUT2D eigenvalue weighted by Crippen LogP contribution is 2.19. The highest BCUT2D eigenvalue weighted by Gasteiger charge is 2.31. The number of carbonyl (C=O) groups excluding carboxylic acids is 1. The van der Waals surface area contributed by atoms with Gasteiger partial charge in [-0.25, -0.2) is 4.79 Å². The van der Waals surface area contributed by atoms with Crippen LogP contribution >= 0.6 is 0 Å². The first kappa shape index (κ1) is 17.3. The van der Waals surface area contributed by atoms with Crippen molar-refractivity contribution >= 4 is 11.9 Å². The van der Waals surface area contributed by atoms with Gasteiger partial charge in [-0.2, -0.15) is 0 Å². The summed E-state index contributed by atoms with van der Waals surface area (Å²) < 4.78 is 10.6. The molecule has 1 aromatic rings. The van der Waals surface area contributed by atoms with E-state index in [2.05, 4.69) is 12.2 Å². The van der Waals surface area contributed by atoms with Crippen LogP contribution in [0.3, 0.4) is 0 Å². The number of nitrogens with one attached hydrogen (secondary N) is 1. The molecule has 1 amide bonds. The Kier molecular flexibility index (Phi) is 6.40. The summed E-state index contributed by atoms with van der Waals surface area (Å²) in [5.74, 6) is -0.953. The molecule has 2 rings (SSSR count). The van der Waals surface area contributed by atoms with Gasteiger partial charge in [-0.3, -0.25) is 4.79 Å². The summed E-state index contributed by atoms with van der Waals surface area (Å²) in [5, 5.41) is 11.9. The number of hydrogen-bond donors (Lipinski definition) is 2. The number of ether oxygens (including phenoxy) is 2. The lowest BCUT2D eigenvalue weighted by Gasteiger charge is -2.28. The Balaban J connectivity index is 1.84. The number of aryl methyl sites for hydroxylation is 1. The Morgan fingerprint density at radius 1 is 1.30 bits per heavy atom. The fourth-order valence-corrected chi connectivity index (χ4v) is 2.62. The molecule has 23 heavy (non-hydrogen) atoms. The molecule has 1 fully saturated rings. The normalized spacial score (nSPS) is 16.6. The minimum absolute atomic E-state index is 0.103. The topological polar surface area (TPSA) is 84.9 Å². The summed E-state index contributed by atoms with van der Waals surface area (Å²) in [4.78, 5) is 23.3. The predicted octanol–water partition coefficient (Wildman–Crippen LogP) is 1.62. The van der Waals surface area contributed by atoms with Crippen LogP contribution in [0.25, 0.3) is 0 Å². The summed E-state index contributed by atoms with van der Waals surface area (Å²) in [6, 6.07) is 6.60. The van der Waals surface area contributed by atoms with E-state index in [1.165, 1.54) is 5.56 Å². The largest absolute Gasteiger partial charge is 0.484 e. The molecular weight excluding hydrogens is 298 g/mol. The van der Waals surface area contributed by atoms with Crippen LogP contribution < -0.4 is 10.1 Å². The summed E-state index contributed by atoms with van der Waals surface area (Å²) >= 11 is 0. The van der Waals surface area contributed by atoms with Crippen molar-refractivity contribution in [3.8, 4) is 5.75 Å². The average molecular weight is 321 g/mol. The second-order valence-corrected chi connectivity index (χ2v) is 5.62. The van der Waals surface area contributed by atoms with Gasteiger partial charge in [0, 0.05) is 13.2 Å². The van der Waals surface area contributed by atoms with Gasteiger partial charge >= 0.3 is 5.97 Å². The Labute approximate surface area is 135 Å². The van der Waals surface area contributed by atoms with Gasteiger partial charge in [0.25, 0.3) is 5.91 Å². The van der Waals surface area contributed by atoms with E-state index in [0.29, 0.717) is 31.8 Å². The SMILES string of the molecule is CCc1ccc(OCC(=O)NC(C(=O)O)C2CCOCC2)cc1. The third kappa shape index (κ3) is 5.25.